The third-order valence-corrected chi connectivity index (χ3v) is 9.05. The summed E-state index contributed by atoms with van der Waals surface area (Å²) in [7, 11) is 3.10. The highest BCUT2D eigenvalue weighted by molar-refractivity contribution is 8.00. The number of nitrogens with zero attached hydrogens (tertiary/aromatic N) is 2. The molecule has 9 nitrogen and oxygen atoms in total. The number of esters is 1. The van der Waals surface area contributed by atoms with E-state index in [1.807, 2.05) is 12.1 Å². The van der Waals surface area contributed by atoms with E-state index < -0.39 is 23.1 Å². The van der Waals surface area contributed by atoms with Crippen LogP contribution in [0.25, 0.3) is 0 Å². The molecular formula is C26H24N2O7S2. The molecule has 2 aromatic carbocycles. The molecule has 0 unspecified atom stereocenters. The number of amides is 2. The first-order valence-electron chi connectivity index (χ1n) is 11.6. The molecule has 3 aromatic rings. The van der Waals surface area contributed by atoms with Crippen LogP contribution in [0.1, 0.15) is 23.3 Å². The molecule has 0 saturated carbocycles. The Morgan fingerprint density at radius 1 is 0.919 bits per heavy atom. The van der Waals surface area contributed by atoms with Gasteiger partial charge in [-0.3, -0.25) is 23.7 Å². The highest BCUT2D eigenvalue weighted by Crippen LogP contribution is 2.54. The van der Waals surface area contributed by atoms with Gasteiger partial charge >= 0.3 is 10.8 Å². The molecule has 0 spiro atoms. The first-order chi connectivity index (χ1) is 17.9. The molecule has 5 rings (SSSR count). The summed E-state index contributed by atoms with van der Waals surface area (Å²) in [6.45, 7) is 1.62. The van der Waals surface area contributed by atoms with Crippen molar-refractivity contribution in [3.05, 3.63) is 68.6 Å². The average Bonchev–Trinajstić information content (AvgIpc) is 3.35. The summed E-state index contributed by atoms with van der Waals surface area (Å²) in [5.41, 5.74) is 1.23. The van der Waals surface area contributed by atoms with Gasteiger partial charge in [-0.25, -0.2) is 4.90 Å². The lowest BCUT2D eigenvalue weighted by Crippen LogP contribution is -2.32. The maximum absolute atomic E-state index is 13.9. The Balaban J connectivity index is 1.62. The molecule has 2 aliphatic heterocycles. The van der Waals surface area contributed by atoms with E-state index in [4.69, 9.17) is 14.2 Å². The molecule has 3 atom stereocenters. The molecule has 1 fully saturated rings. The predicted molar refractivity (Wildman–Crippen MR) is 139 cm³/mol. The van der Waals surface area contributed by atoms with E-state index >= 15 is 0 Å². The number of ether oxygens (including phenoxy) is 3. The molecule has 11 heteroatoms. The van der Waals surface area contributed by atoms with Crippen LogP contribution in [-0.2, 0) is 25.7 Å². The molecule has 37 heavy (non-hydrogen) atoms. The third kappa shape index (κ3) is 4.31. The van der Waals surface area contributed by atoms with Gasteiger partial charge in [0.05, 0.1) is 37.5 Å². The summed E-state index contributed by atoms with van der Waals surface area (Å²) in [6, 6.07) is 14.0. The van der Waals surface area contributed by atoms with Crippen molar-refractivity contribution in [2.45, 2.75) is 29.7 Å². The number of carbonyl (C=O) groups excluding carboxylic acids is 3. The van der Waals surface area contributed by atoms with E-state index in [0.29, 0.717) is 27.1 Å². The first kappa shape index (κ1) is 25.1. The van der Waals surface area contributed by atoms with Crippen molar-refractivity contribution < 1.29 is 28.6 Å². The number of carbonyl (C=O) groups is 3. The van der Waals surface area contributed by atoms with Crippen molar-refractivity contribution in [3.8, 4) is 11.5 Å². The summed E-state index contributed by atoms with van der Waals surface area (Å²) in [5, 5.41) is -0.250. The van der Waals surface area contributed by atoms with Crippen LogP contribution in [0.2, 0.25) is 0 Å². The van der Waals surface area contributed by atoms with Crippen LogP contribution < -0.4 is 19.2 Å². The second kappa shape index (κ2) is 10.1. The normalized spacial score (nSPS) is 20.4. The fraction of sp³-hybridized carbons (Fsp3) is 0.308. The zero-order valence-electron chi connectivity index (χ0n) is 20.3. The van der Waals surface area contributed by atoms with Crippen molar-refractivity contribution in [2.75, 3.05) is 25.7 Å². The van der Waals surface area contributed by atoms with Crippen LogP contribution in [-0.4, -0.2) is 48.4 Å². The van der Waals surface area contributed by atoms with E-state index in [-0.39, 0.29) is 29.8 Å². The van der Waals surface area contributed by atoms with Gasteiger partial charge in [0.25, 0.3) is 0 Å². The van der Waals surface area contributed by atoms with Gasteiger partial charge in [-0.05, 0) is 48.9 Å². The molecule has 3 heterocycles. The molecule has 192 valence electrons. The van der Waals surface area contributed by atoms with E-state index in [1.54, 1.807) is 57.5 Å². The standard InChI is InChI=1S/C26H24N2O7S2/c1-4-35-18(29)13-27-25-22(37-26(27)32)19(14-5-9-16(33-2)10-6-14)20-21(36-25)24(31)28(23(20)30)15-7-11-17(34-3)12-8-15/h5-12,19-21H,4,13H2,1-3H3/t19-,20-,21+/m0/s1. The van der Waals surface area contributed by atoms with Gasteiger partial charge in [0.15, 0.2) is 0 Å². The smallest absolute Gasteiger partial charge is 0.326 e. The zero-order valence-corrected chi connectivity index (χ0v) is 22.0. The van der Waals surface area contributed by atoms with Crippen LogP contribution >= 0.6 is 23.1 Å². The number of anilines is 1. The summed E-state index contributed by atoms with van der Waals surface area (Å²) in [4.78, 5) is 54.3. The maximum Gasteiger partial charge on any atom is 0.326 e. The highest BCUT2D eigenvalue weighted by atomic mass is 32.2. The number of aromatic nitrogens is 1. The lowest BCUT2D eigenvalue weighted by Gasteiger charge is -2.30. The monoisotopic (exact) mass is 540 g/mol. The van der Waals surface area contributed by atoms with Gasteiger partial charge in [0.2, 0.25) is 11.8 Å². The topological polar surface area (TPSA) is 104 Å². The number of imide groups is 1. The molecule has 0 radical (unpaired) electrons. The molecule has 0 bridgehead atoms. The molecule has 2 aliphatic rings. The Labute approximate surface area is 220 Å². The van der Waals surface area contributed by atoms with Gasteiger partial charge in [0, 0.05) is 10.8 Å². The van der Waals surface area contributed by atoms with Crippen LogP contribution in [0, 0.1) is 5.92 Å². The highest BCUT2D eigenvalue weighted by Gasteiger charge is 2.56. The van der Waals surface area contributed by atoms with Gasteiger partial charge < -0.3 is 14.2 Å². The fourth-order valence-electron chi connectivity index (χ4n) is 4.75. The molecule has 0 N–H and O–H groups in total. The average molecular weight is 541 g/mol. The molecule has 1 saturated heterocycles. The Morgan fingerprint density at radius 2 is 1.54 bits per heavy atom. The van der Waals surface area contributed by atoms with Gasteiger partial charge in [0.1, 0.15) is 23.3 Å². The number of rotatable bonds is 7. The Hall–Kier alpha value is -3.57. The number of methoxy groups -OCH3 is 2. The largest absolute Gasteiger partial charge is 0.497 e. The van der Waals surface area contributed by atoms with E-state index in [1.165, 1.54) is 9.47 Å². The lowest BCUT2D eigenvalue weighted by molar-refractivity contribution is -0.144. The number of thiazole rings is 1. The quantitative estimate of drug-likeness (QED) is 0.332. The number of thioether (sulfide) groups is 1. The van der Waals surface area contributed by atoms with Crippen molar-refractivity contribution in [1.82, 2.24) is 4.57 Å². The van der Waals surface area contributed by atoms with Crippen LogP contribution in [0.3, 0.4) is 0 Å². The summed E-state index contributed by atoms with van der Waals surface area (Å²) in [5.74, 6) is -1.26. The molecular weight excluding hydrogens is 516 g/mol. The van der Waals surface area contributed by atoms with Crippen molar-refractivity contribution in [2.24, 2.45) is 5.92 Å². The molecule has 1 aromatic heterocycles. The lowest BCUT2D eigenvalue weighted by atomic mass is 9.83. The second-order valence-electron chi connectivity index (χ2n) is 8.45. The van der Waals surface area contributed by atoms with Crippen LogP contribution in [0.15, 0.2) is 58.4 Å². The van der Waals surface area contributed by atoms with Crippen molar-refractivity contribution in [3.63, 3.8) is 0 Å². The van der Waals surface area contributed by atoms with Crippen molar-refractivity contribution >= 4 is 46.6 Å². The predicted octanol–water partition coefficient (Wildman–Crippen LogP) is 3.29. The van der Waals surface area contributed by atoms with Gasteiger partial charge in [-0.1, -0.05) is 35.2 Å². The summed E-state index contributed by atoms with van der Waals surface area (Å²) in [6.07, 6.45) is 0. The van der Waals surface area contributed by atoms with E-state index in [0.717, 1.165) is 28.7 Å². The minimum atomic E-state index is -0.767. The van der Waals surface area contributed by atoms with Crippen molar-refractivity contribution in [1.29, 1.82) is 0 Å². The summed E-state index contributed by atoms with van der Waals surface area (Å²) < 4.78 is 16.9. The first-order valence-corrected chi connectivity index (χ1v) is 13.3. The number of fused-ring (bicyclic) bond motifs is 2. The van der Waals surface area contributed by atoms with Crippen LogP contribution in [0.5, 0.6) is 11.5 Å². The van der Waals surface area contributed by atoms with E-state index in [9.17, 15) is 19.2 Å². The van der Waals surface area contributed by atoms with E-state index in [2.05, 4.69) is 0 Å². The Morgan fingerprint density at radius 3 is 2.14 bits per heavy atom. The SMILES string of the molecule is CCOC(=O)Cn1c2c(sc1=O)[C@@H](c1ccc(OC)cc1)[C@@H]1C(=O)N(c3ccc(OC)cc3)C(=O)[C@@H]1S2. The minimum absolute atomic E-state index is 0.191. The zero-order chi connectivity index (χ0) is 26.3. The second-order valence-corrected chi connectivity index (χ2v) is 10.6. The molecule has 0 aliphatic carbocycles. The minimum Gasteiger partial charge on any atom is -0.497 e. The summed E-state index contributed by atoms with van der Waals surface area (Å²) >= 11 is 2.16. The number of hydrogen-bond donors (Lipinski definition) is 0. The Kier molecular flexibility index (Phi) is 6.82. The third-order valence-electron chi connectivity index (χ3n) is 6.45. The fourth-order valence-corrected chi connectivity index (χ4v) is 7.52. The van der Waals surface area contributed by atoms with Gasteiger partial charge in [-0.2, -0.15) is 0 Å². The number of benzene rings is 2. The van der Waals surface area contributed by atoms with Gasteiger partial charge in [-0.15, -0.1) is 0 Å². The molecule has 2 amide bonds. The number of hydrogen-bond acceptors (Lipinski definition) is 9. The Bertz CT molecular complexity index is 1410. The van der Waals surface area contributed by atoms with Crippen LogP contribution in [0.4, 0.5) is 5.69 Å². The maximum atomic E-state index is 13.9.